The van der Waals surface area contributed by atoms with Gasteiger partial charge in [-0.3, -0.25) is 9.69 Å². The maximum Gasteiger partial charge on any atom is 0.247 e. The number of nitrogens with one attached hydrogen (secondary N) is 1. The standard InChI is InChI=1S/C12H19N3O/c1-5-14-12(2,3)11(16)15(4)10-8-6-7-9-13-10/h6-9,14H,5H2,1-4H3. The van der Waals surface area contributed by atoms with Gasteiger partial charge in [-0.2, -0.15) is 0 Å². The molecule has 0 atom stereocenters. The highest BCUT2D eigenvalue weighted by atomic mass is 16.2. The Hall–Kier alpha value is -1.42. The molecule has 1 aromatic rings. The molecule has 0 saturated carbocycles. The number of pyridine rings is 1. The summed E-state index contributed by atoms with van der Waals surface area (Å²) in [6.07, 6.45) is 1.68. The van der Waals surface area contributed by atoms with Gasteiger partial charge < -0.3 is 5.32 Å². The Bertz CT molecular complexity index is 349. The van der Waals surface area contributed by atoms with Crippen LogP contribution in [0.5, 0.6) is 0 Å². The Kier molecular flexibility index (Phi) is 4.01. The number of anilines is 1. The first kappa shape index (κ1) is 12.6. The van der Waals surface area contributed by atoms with Gasteiger partial charge in [0.1, 0.15) is 5.82 Å². The SMILES string of the molecule is CCNC(C)(C)C(=O)N(C)c1ccccn1. The monoisotopic (exact) mass is 221 g/mol. The van der Waals surface area contributed by atoms with Crippen molar-refractivity contribution >= 4 is 11.7 Å². The first-order valence-electron chi connectivity index (χ1n) is 5.43. The second-order valence-electron chi connectivity index (χ2n) is 4.21. The van der Waals surface area contributed by atoms with E-state index in [0.717, 1.165) is 6.54 Å². The third-order valence-corrected chi connectivity index (χ3v) is 2.45. The van der Waals surface area contributed by atoms with Crippen molar-refractivity contribution in [3.8, 4) is 0 Å². The molecule has 0 spiro atoms. The minimum atomic E-state index is -0.568. The van der Waals surface area contributed by atoms with Gasteiger partial charge in [0.2, 0.25) is 5.91 Å². The van der Waals surface area contributed by atoms with Crippen molar-refractivity contribution in [3.05, 3.63) is 24.4 Å². The van der Waals surface area contributed by atoms with E-state index in [1.54, 1.807) is 18.1 Å². The maximum absolute atomic E-state index is 12.2. The van der Waals surface area contributed by atoms with Gasteiger partial charge in [0, 0.05) is 13.2 Å². The fourth-order valence-corrected chi connectivity index (χ4v) is 1.59. The molecule has 0 saturated heterocycles. The molecule has 1 amide bonds. The third kappa shape index (κ3) is 2.79. The summed E-state index contributed by atoms with van der Waals surface area (Å²) in [5, 5.41) is 3.15. The van der Waals surface area contributed by atoms with Crippen LogP contribution < -0.4 is 10.2 Å². The molecule has 1 aromatic heterocycles. The minimum Gasteiger partial charge on any atom is -0.304 e. The van der Waals surface area contributed by atoms with Crippen LogP contribution in [-0.4, -0.2) is 30.0 Å². The number of hydrogen-bond acceptors (Lipinski definition) is 3. The lowest BCUT2D eigenvalue weighted by molar-refractivity contribution is -0.123. The van der Waals surface area contributed by atoms with Crippen LogP contribution in [0.15, 0.2) is 24.4 Å². The van der Waals surface area contributed by atoms with Gasteiger partial charge >= 0.3 is 0 Å². The Morgan fingerprint density at radius 2 is 2.19 bits per heavy atom. The van der Waals surface area contributed by atoms with E-state index in [1.165, 1.54) is 0 Å². The normalized spacial score (nSPS) is 11.2. The summed E-state index contributed by atoms with van der Waals surface area (Å²) in [6.45, 7) is 6.49. The van der Waals surface area contributed by atoms with Crippen LogP contribution in [0, 0.1) is 0 Å². The lowest BCUT2D eigenvalue weighted by atomic mass is 10.0. The zero-order chi connectivity index (χ0) is 12.2. The van der Waals surface area contributed by atoms with Crippen LogP contribution in [0.1, 0.15) is 20.8 Å². The molecule has 0 unspecified atom stereocenters. The molecule has 1 heterocycles. The van der Waals surface area contributed by atoms with Crippen molar-refractivity contribution in [1.29, 1.82) is 0 Å². The molecule has 16 heavy (non-hydrogen) atoms. The average Bonchev–Trinajstić information content (AvgIpc) is 2.28. The summed E-state index contributed by atoms with van der Waals surface area (Å²) in [5.41, 5.74) is -0.568. The Balaban J connectivity index is 2.82. The zero-order valence-electron chi connectivity index (χ0n) is 10.3. The van der Waals surface area contributed by atoms with Crippen LogP contribution in [0.3, 0.4) is 0 Å². The number of carbonyl (C=O) groups excluding carboxylic acids is 1. The van der Waals surface area contributed by atoms with Crippen molar-refractivity contribution in [3.63, 3.8) is 0 Å². The largest absolute Gasteiger partial charge is 0.304 e. The summed E-state index contributed by atoms with van der Waals surface area (Å²) in [6, 6.07) is 5.52. The van der Waals surface area contributed by atoms with Gasteiger partial charge in [0.05, 0.1) is 5.54 Å². The second kappa shape index (κ2) is 5.07. The summed E-state index contributed by atoms with van der Waals surface area (Å²) in [5.74, 6) is 0.673. The van der Waals surface area contributed by atoms with Gasteiger partial charge in [-0.05, 0) is 32.5 Å². The molecule has 1 rings (SSSR count). The number of nitrogens with zero attached hydrogens (tertiary/aromatic N) is 2. The van der Waals surface area contributed by atoms with Gasteiger partial charge in [-0.25, -0.2) is 4.98 Å². The molecule has 0 aliphatic rings. The lowest BCUT2D eigenvalue weighted by Gasteiger charge is -2.29. The van der Waals surface area contributed by atoms with E-state index in [9.17, 15) is 4.79 Å². The first-order chi connectivity index (χ1) is 7.49. The number of carbonyl (C=O) groups is 1. The van der Waals surface area contributed by atoms with E-state index in [2.05, 4.69) is 10.3 Å². The predicted molar refractivity (Wildman–Crippen MR) is 65.4 cm³/mol. The maximum atomic E-state index is 12.2. The fraction of sp³-hybridized carbons (Fsp3) is 0.500. The fourth-order valence-electron chi connectivity index (χ4n) is 1.59. The van der Waals surface area contributed by atoms with Gasteiger partial charge in [-0.15, -0.1) is 0 Å². The molecule has 4 heteroatoms. The summed E-state index contributed by atoms with van der Waals surface area (Å²) < 4.78 is 0. The Morgan fingerprint density at radius 1 is 1.50 bits per heavy atom. The molecular formula is C12H19N3O. The van der Waals surface area contributed by atoms with Gasteiger partial charge in [-0.1, -0.05) is 13.0 Å². The van der Waals surface area contributed by atoms with Gasteiger partial charge in [0.15, 0.2) is 0 Å². The van der Waals surface area contributed by atoms with Crippen LogP contribution in [0.2, 0.25) is 0 Å². The van der Waals surface area contributed by atoms with Crippen molar-refractivity contribution in [2.24, 2.45) is 0 Å². The summed E-state index contributed by atoms with van der Waals surface area (Å²) in [4.78, 5) is 17.9. The molecule has 0 aromatic carbocycles. The molecule has 0 fully saturated rings. The second-order valence-corrected chi connectivity index (χ2v) is 4.21. The summed E-state index contributed by atoms with van der Waals surface area (Å²) >= 11 is 0. The van der Waals surface area contributed by atoms with E-state index >= 15 is 0 Å². The van der Waals surface area contributed by atoms with Crippen molar-refractivity contribution < 1.29 is 4.79 Å². The van der Waals surface area contributed by atoms with Crippen LogP contribution in [0.25, 0.3) is 0 Å². The highest BCUT2D eigenvalue weighted by Crippen LogP contribution is 2.13. The van der Waals surface area contributed by atoms with Gasteiger partial charge in [0.25, 0.3) is 0 Å². The molecule has 0 radical (unpaired) electrons. The number of aromatic nitrogens is 1. The molecule has 0 aliphatic heterocycles. The lowest BCUT2D eigenvalue weighted by Crippen LogP contribution is -2.53. The van der Waals surface area contributed by atoms with E-state index < -0.39 is 5.54 Å². The Morgan fingerprint density at radius 3 is 2.69 bits per heavy atom. The van der Waals surface area contributed by atoms with Crippen molar-refractivity contribution in [1.82, 2.24) is 10.3 Å². The smallest absolute Gasteiger partial charge is 0.247 e. The predicted octanol–water partition coefficient (Wildman–Crippen LogP) is 1.43. The van der Waals surface area contributed by atoms with Crippen LogP contribution in [-0.2, 0) is 4.79 Å². The Labute approximate surface area is 96.7 Å². The van der Waals surface area contributed by atoms with Crippen molar-refractivity contribution in [2.45, 2.75) is 26.3 Å². The molecule has 0 bridgehead atoms. The van der Waals surface area contributed by atoms with Crippen LogP contribution >= 0.6 is 0 Å². The quantitative estimate of drug-likeness (QED) is 0.836. The molecule has 0 aliphatic carbocycles. The number of hydrogen-bond donors (Lipinski definition) is 1. The first-order valence-corrected chi connectivity index (χ1v) is 5.43. The van der Waals surface area contributed by atoms with E-state index in [4.69, 9.17) is 0 Å². The molecule has 4 nitrogen and oxygen atoms in total. The zero-order valence-corrected chi connectivity index (χ0v) is 10.3. The van der Waals surface area contributed by atoms with E-state index in [0.29, 0.717) is 5.82 Å². The van der Waals surface area contributed by atoms with Crippen LogP contribution in [0.4, 0.5) is 5.82 Å². The highest BCUT2D eigenvalue weighted by Gasteiger charge is 2.30. The summed E-state index contributed by atoms with van der Waals surface area (Å²) in [7, 11) is 1.74. The molecule has 1 N–H and O–H groups in total. The molecule has 88 valence electrons. The number of rotatable bonds is 4. The highest BCUT2D eigenvalue weighted by molar-refractivity contribution is 5.98. The third-order valence-electron chi connectivity index (χ3n) is 2.45. The number of likely N-dealkylation sites (N-methyl/N-ethyl adjacent to an activating group) is 2. The average molecular weight is 221 g/mol. The van der Waals surface area contributed by atoms with Crippen molar-refractivity contribution in [2.75, 3.05) is 18.5 Å². The van der Waals surface area contributed by atoms with E-state index in [1.807, 2.05) is 39.0 Å². The topological polar surface area (TPSA) is 45.2 Å². The molecular weight excluding hydrogens is 202 g/mol. The number of amides is 1. The minimum absolute atomic E-state index is 0.00745. The van der Waals surface area contributed by atoms with E-state index in [-0.39, 0.29) is 5.91 Å².